The third kappa shape index (κ3) is 5.16. The number of unbranched alkanes of at least 4 members (excludes halogenated alkanes) is 1. The van der Waals surface area contributed by atoms with Crippen LogP contribution in [0.3, 0.4) is 0 Å². The van der Waals surface area contributed by atoms with E-state index in [-0.39, 0.29) is 29.4 Å². The first-order valence-electron chi connectivity index (χ1n) is 6.16. The molecule has 0 spiro atoms. The zero-order chi connectivity index (χ0) is 15.1. The van der Waals surface area contributed by atoms with Crippen LogP contribution in [0.25, 0.3) is 0 Å². The number of amides is 1. The van der Waals surface area contributed by atoms with Gasteiger partial charge in [-0.3, -0.25) is 14.4 Å². The number of carbonyl (C=O) groups excluding carboxylic acids is 2. The summed E-state index contributed by atoms with van der Waals surface area (Å²) in [6.45, 7) is 0. The minimum atomic E-state index is -0.286. The third-order valence-corrected chi connectivity index (χ3v) is 3.21. The van der Waals surface area contributed by atoms with Gasteiger partial charge in [0.2, 0.25) is 11.3 Å². The molecule has 1 rings (SSSR count). The number of esters is 1. The maximum absolute atomic E-state index is 11.8. The van der Waals surface area contributed by atoms with Gasteiger partial charge in [0.25, 0.3) is 0 Å². The Labute approximate surface area is 125 Å². The lowest BCUT2D eigenvalue weighted by atomic mass is 10.2. The standard InChI is InChI=1S/C13H17BrN2O4/c1-16-7-9(14)13(19)10(8-16)15-11(17)5-3-4-6-12(18)20-2/h7-8H,3-6H2,1-2H3,(H,15,17). The second-order valence-corrected chi connectivity index (χ2v) is 5.20. The van der Waals surface area contributed by atoms with E-state index in [0.29, 0.717) is 23.7 Å². The molecule has 7 heteroatoms. The minimum absolute atomic E-state index is 0.236. The second kappa shape index (κ2) is 7.84. The highest BCUT2D eigenvalue weighted by molar-refractivity contribution is 9.10. The number of hydrogen-bond donors (Lipinski definition) is 1. The summed E-state index contributed by atoms with van der Waals surface area (Å²) in [5, 5.41) is 2.58. The smallest absolute Gasteiger partial charge is 0.305 e. The molecule has 0 aliphatic heterocycles. The highest BCUT2D eigenvalue weighted by atomic mass is 79.9. The Morgan fingerprint density at radius 2 is 1.95 bits per heavy atom. The molecule has 0 aliphatic rings. The maximum Gasteiger partial charge on any atom is 0.305 e. The average Bonchev–Trinajstić information content (AvgIpc) is 2.40. The third-order valence-electron chi connectivity index (χ3n) is 2.65. The van der Waals surface area contributed by atoms with Crippen LogP contribution in [0.15, 0.2) is 21.7 Å². The Bertz CT molecular complexity index is 554. The van der Waals surface area contributed by atoms with Crippen LogP contribution in [0.5, 0.6) is 0 Å². The van der Waals surface area contributed by atoms with Crippen LogP contribution >= 0.6 is 15.9 Å². The minimum Gasteiger partial charge on any atom is -0.469 e. The van der Waals surface area contributed by atoms with Gasteiger partial charge in [0.05, 0.1) is 11.6 Å². The Balaban J connectivity index is 2.47. The predicted octanol–water partition coefficient (Wildman–Crippen LogP) is 1.82. The molecule has 110 valence electrons. The molecule has 0 unspecified atom stereocenters. The first-order valence-corrected chi connectivity index (χ1v) is 6.95. The van der Waals surface area contributed by atoms with Crippen molar-refractivity contribution >= 4 is 33.5 Å². The molecule has 0 aromatic carbocycles. The average molecular weight is 345 g/mol. The molecule has 0 fully saturated rings. The quantitative estimate of drug-likeness (QED) is 0.630. The fraction of sp³-hybridized carbons (Fsp3) is 0.462. The number of aryl methyl sites for hydroxylation is 1. The topological polar surface area (TPSA) is 77.4 Å². The highest BCUT2D eigenvalue weighted by Gasteiger charge is 2.09. The number of aromatic nitrogens is 1. The maximum atomic E-state index is 11.8. The van der Waals surface area contributed by atoms with E-state index >= 15 is 0 Å². The van der Waals surface area contributed by atoms with Crippen LogP contribution in [-0.2, 0) is 21.4 Å². The molecular formula is C13H17BrN2O4. The number of nitrogens with zero attached hydrogens (tertiary/aromatic N) is 1. The van der Waals surface area contributed by atoms with Crippen LogP contribution in [0.1, 0.15) is 25.7 Å². The number of methoxy groups -OCH3 is 1. The highest BCUT2D eigenvalue weighted by Crippen LogP contribution is 2.09. The van der Waals surface area contributed by atoms with Gasteiger partial charge < -0.3 is 14.6 Å². The van der Waals surface area contributed by atoms with E-state index in [1.165, 1.54) is 7.11 Å². The SMILES string of the molecule is COC(=O)CCCCC(=O)Nc1cn(C)cc(Br)c1=O. The molecule has 1 N–H and O–H groups in total. The number of nitrogens with one attached hydrogen (secondary N) is 1. The van der Waals surface area contributed by atoms with E-state index in [1.807, 2.05) is 0 Å². The first kappa shape index (κ1) is 16.4. The Kier molecular flexibility index (Phi) is 6.44. The van der Waals surface area contributed by atoms with Crippen molar-refractivity contribution in [3.8, 4) is 0 Å². The van der Waals surface area contributed by atoms with Crippen molar-refractivity contribution in [2.75, 3.05) is 12.4 Å². The van der Waals surface area contributed by atoms with Gasteiger partial charge in [-0.1, -0.05) is 0 Å². The lowest BCUT2D eigenvalue weighted by Gasteiger charge is -2.07. The number of halogens is 1. The Hall–Kier alpha value is -1.63. The Morgan fingerprint density at radius 3 is 2.60 bits per heavy atom. The second-order valence-electron chi connectivity index (χ2n) is 4.35. The van der Waals surface area contributed by atoms with Crippen LogP contribution < -0.4 is 10.7 Å². The first-order chi connectivity index (χ1) is 9.43. The van der Waals surface area contributed by atoms with Crippen LogP contribution in [0.2, 0.25) is 0 Å². The largest absolute Gasteiger partial charge is 0.469 e. The number of anilines is 1. The van der Waals surface area contributed by atoms with Crippen LogP contribution in [0, 0.1) is 0 Å². The van der Waals surface area contributed by atoms with Gasteiger partial charge in [-0.05, 0) is 28.8 Å². The van der Waals surface area contributed by atoms with Crippen molar-refractivity contribution in [2.45, 2.75) is 25.7 Å². The Morgan fingerprint density at radius 1 is 1.30 bits per heavy atom. The van der Waals surface area contributed by atoms with Crippen LogP contribution in [-0.4, -0.2) is 23.6 Å². The molecule has 0 radical (unpaired) electrons. The van der Waals surface area contributed by atoms with E-state index < -0.39 is 0 Å². The molecule has 0 saturated carbocycles. The van der Waals surface area contributed by atoms with Crippen molar-refractivity contribution in [3.63, 3.8) is 0 Å². The molecule has 1 heterocycles. The molecular weight excluding hydrogens is 328 g/mol. The van der Waals surface area contributed by atoms with Crippen LogP contribution in [0.4, 0.5) is 5.69 Å². The molecule has 0 saturated heterocycles. The summed E-state index contributed by atoms with van der Waals surface area (Å²) in [5.74, 6) is -0.531. The predicted molar refractivity (Wildman–Crippen MR) is 78.5 cm³/mol. The molecule has 1 amide bonds. The van der Waals surface area contributed by atoms with Gasteiger partial charge >= 0.3 is 5.97 Å². The van der Waals surface area contributed by atoms with Crippen molar-refractivity contribution < 1.29 is 14.3 Å². The van der Waals surface area contributed by atoms with Gasteiger partial charge in [0.15, 0.2) is 0 Å². The summed E-state index contributed by atoms with van der Waals surface area (Å²) >= 11 is 3.14. The van der Waals surface area contributed by atoms with Gasteiger partial charge in [-0.15, -0.1) is 0 Å². The van der Waals surface area contributed by atoms with Crippen molar-refractivity contribution in [3.05, 3.63) is 27.1 Å². The molecule has 0 aliphatic carbocycles. The molecule has 0 bridgehead atoms. The molecule has 0 atom stereocenters. The van der Waals surface area contributed by atoms with Gasteiger partial charge in [-0.25, -0.2) is 0 Å². The number of hydrogen-bond acceptors (Lipinski definition) is 4. The van der Waals surface area contributed by atoms with E-state index in [2.05, 4.69) is 26.0 Å². The lowest BCUT2D eigenvalue weighted by Crippen LogP contribution is -2.19. The number of carbonyl (C=O) groups is 2. The van der Waals surface area contributed by atoms with Crippen molar-refractivity contribution in [1.29, 1.82) is 0 Å². The molecule has 1 aromatic rings. The lowest BCUT2D eigenvalue weighted by molar-refractivity contribution is -0.140. The van der Waals surface area contributed by atoms with E-state index in [9.17, 15) is 14.4 Å². The molecule has 6 nitrogen and oxygen atoms in total. The van der Waals surface area contributed by atoms with Gasteiger partial charge in [0.1, 0.15) is 5.69 Å². The summed E-state index contributed by atoms with van der Waals surface area (Å²) < 4.78 is 6.58. The molecule has 1 aromatic heterocycles. The fourth-order valence-corrected chi connectivity index (χ4v) is 2.16. The number of pyridine rings is 1. The summed E-state index contributed by atoms with van der Waals surface area (Å²) in [6, 6.07) is 0. The number of rotatable bonds is 6. The summed E-state index contributed by atoms with van der Waals surface area (Å²) in [4.78, 5) is 34.4. The monoisotopic (exact) mass is 344 g/mol. The van der Waals surface area contributed by atoms with E-state index in [0.717, 1.165) is 0 Å². The van der Waals surface area contributed by atoms with E-state index in [1.54, 1.807) is 24.0 Å². The molecule has 20 heavy (non-hydrogen) atoms. The summed E-state index contributed by atoms with van der Waals surface area (Å²) in [7, 11) is 3.09. The summed E-state index contributed by atoms with van der Waals surface area (Å²) in [6.07, 6.45) is 4.87. The zero-order valence-electron chi connectivity index (χ0n) is 11.4. The summed E-state index contributed by atoms with van der Waals surface area (Å²) in [5.41, 5.74) is -0.0224. The van der Waals surface area contributed by atoms with Crippen molar-refractivity contribution in [2.24, 2.45) is 7.05 Å². The van der Waals surface area contributed by atoms with Gasteiger partial charge in [0, 0.05) is 32.3 Å². The number of ether oxygens (including phenoxy) is 1. The normalized spacial score (nSPS) is 10.2. The van der Waals surface area contributed by atoms with Crippen molar-refractivity contribution in [1.82, 2.24) is 4.57 Å². The van der Waals surface area contributed by atoms with Gasteiger partial charge in [-0.2, -0.15) is 0 Å². The van der Waals surface area contributed by atoms with E-state index in [4.69, 9.17) is 0 Å². The fourth-order valence-electron chi connectivity index (χ4n) is 1.62. The zero-order valence-corrected chi connectivity index (χ0v) is 13.0.